The first-order valence-corrected chi connectivity index (χ1v) is 4.60. The van der Waals surface area contributed by atoms with Gasteiger partial charge in [0, 0.05) is 0 Å². The van der Waals surface area contributed by atoms with Crippen LogP contribution in [0.5, 0.6) is 0 Å². The predicted octanol–water partition coefficient (Wildman–Crippen LogP) is 0.898. The Morgan fingerprint density at radius 2 is 1.88 bits per heavy atom. The number of hydrogen-bond acceptors (Lipinski definition) is 4. The van der Waals surface area contributed by atoms with Gasteiger partial charge in [-0.1, -0.05) is 0 Å². The summed E-state index contributed by atoms with van der Waals surface area (Å²) in [4.78, 5) is 11.3. The number of amides is 1. The molecular formula is C11H11N3O2. The highest BCUT2D eigenvalue weighted by Gasteiger charge is 2.39. The number of primary amides is 1. The van der Waals surface area contributed by atoms with Crippen LogP contribution in [-0.2, 0) is 9.53 Å². The van der Waals surface area contributed by atoms with Gasteiger partial charge in [-0.15, -0.1) is 0 Å². The number of nitriles is 2. The minimum absolute atomic E-state index is 0.0139. The summed E-state index contributed by atoms with van der Waals surface area (Å²) in [7, 11) is 0. The molecule has 0 aromatic rings. The lowest BCUT2D eigenvalue weighted by Crippen LogP contribution is -2.20. The highest BCUT2D eigenvalue weighted by atomic mass is 16.5. The third kappa shape index (κ3) is 1.64. The van der Waals surface area contributed by atoms with Crippen molar-refractivity contribution in [3.05, 3.63) is 22.5 Å². The Morgan fingerprint density at radius 1 is 1.38 bits per heavy atom. The largest absolute Gasteiger partial charge is 0.480 e. The topological polar surface area (TPSA) is 99.9 Å². The molecule has 0 aromatic carbocycles. The average molecular weight is 217 g/mol. The molecular weight excluding hydrogens is 206 g/mol. The van der Waals surface area contributed by atoms with Crippen LogP contribution in [0.4, 0.5) is 0 Å². The summed E-state index contributed by atoms with van der Waals surface area (Å²) in [6.45, 7) is 5.18. The SMILES string of the molecule is CC1=C(C(N)=O)C(=C(C#N)C#N)OC1(C)C. The van der Waals surface area contributed by atoms with Crippen molar-refractivity contribution >= 4 is 5.91 Å². The molecule has 5 heteroatoms. The number of allylic oxidation sites excluding steroid dienone is 1. The Morgan fingerprint density at radius 3 is 2.25 bits per heavy atom. The number of nitrogens with two attached hydrogens (primary N) is 1. The lowest BCUT2D eigenvalue weighted by Gasteiger charge is -2.20. The molecule has 0 radical (unpaired) electrons. The molecule has 5 nitrogen and oxygen atoms in total. The molecule has 0 unspecified atom stereocenters. The van der Waals surface area contributed by atoms with Crippen LogP contribution in [0.15, 0.2) is 22.5 Å². The van der Waals surface area contributed by atoms with Crippen molar-refractivity contribution in [3.63, 3.8) is 0 Å². The van der Waals surface area contributed by atoms with Crippen LogP contribution in [0.2, 0.25) is 0 Å². The maximum Gasteiger partial charge on any atom is 0.252 e. The summed E-state index contributed by atoms with van der Waals surface area (Å²) in [5, 5.41) is 17.5. The van der Waals surface area contributed by atoms with Gasteiger partial charge in [0.1, 0.15) is 17.7 Å². The Kier molecular flexibility index (Phi) is 2.74. The van der Waals surface area contributed by atoms with Crippen molar-refractivity contribution in [3.8, 4) is 12.1 Å². The van der Waals surface area contributed by atoms with Crippen molar-refractivity contribution in [1.82, 2.24) is 0 Å². The fourth-order valence-corrected chi connectivity index (χ4v) is 1.45. The van der Waals surface area contributed by atoms with E-state index in [2.05, 4.69) is 0 Å². The van der Waals surface area contributed by atoms with Gasteiger partial charge in [-0.25, -0.2) is 0 Å². The zero-order valence-electron chi connectivity index (χ0n) is 9.29. The van der Waals surface area contributed by atoms with Gasteiger partial charge in [0.2, 0.25) is 0 Å². The van der Waals surface area contributed by atoms with Crippen LogP contribution < -0.4 is 5.73 Å². The van der Waals surface area contributed by atoms with Crippen LogP contribution in [0, 0.1) is 22.7 Å². The molecule has 0 aliphatic carbocycles. The highest BCUT2D eigenvalue weighted by molar-refractivity contribution is 5.98. The molecule has 0 fully saturated rings. The summed E-state index contributed by atoms with van der Waals surface area (Å²) in [6.07, 6.45) is 0. The van der Waals surface area contributed by atoms with Crippen LogP contribution in [0.3, 0.4) is 0 Å². The van der Waals surface area contributed by atoms with Gasteiger partial charge in [0.25, 0.3) is 5.91 Å². The molecule has 0 aromatic heterocycles. The average Bonchev–Trinajstić information content (AvgIpc) is 2.40. The van der Waals surface area contributed by atoms with Crippen molar-refractivity contribution in [2.75, 3.05) is 0 Å². The fraction of sp³-hybridized carbons (Fsp3) is 0.364. The zero-order chi connectivity index (χ0) is 12.5. The van der Waals surface area contributed by atoms with Gasteiger partial charge in [-0.05, 0) is 26.3 Å². The van der Waals surface area contributed by atoms with Crippen molar-refractivity contribution in [1.29, 1.82) is 10.5 Å². The molecule has 2 N–H and O–H groups in total. The van der Waals surface area contributed by atoms with Crippen molar-refractivity contribution in [2.24, 2.45) is 5.73 Å². The Hall–Kier alpha value is -2.27. The Bertz CT molecular complexity index is 482. The molecule has 82 valence electrons. The zero-order valence-corrected chi connectivity index (χ0v) is 9.29. The first kappa shape index (κ1) is 11.8. The lowest BCUT2D eigenvalue weighted by atomic mass is 9.96. The van der Waals surface area contributed by atoms with Gasteiger partial charge < -0.3 is 10.5 Å². The third-order valence-electron chi connectivity index (χ3n) is 2.56. The van der Waals surface area contributed by atoms with Crippen LogP contribution in [0.1, 0.15) is 20.8 Å². The number of rotatable bonds is 1. The Labute approximate surface area is 93.4 Å². The summed E-state index contributed by atoms with van der Waals surface area (Å²) >= 11 is 0. The molecule has 1 aliphatic rings. The summed E-state index contributed by atoms with van der Waals surface area (Å²) in [5.74, 6) is -0.707. The van der Waals surface area contributed by atoms with Crippen LogP contribution in [0.25, 0.3) is 0 Å². The molecule has 16 heavy (non-hydrogen) atoms. The van der Waals surface area contributed by atoms with E-state index in [4.69, 9.17) is 21.0 Å². The van der Waals surface area contributed by atoms with Crippen LogP contribution in [-0.4, -0.2) is 11.5 Å². The minimum atomic E-state index is -0.724. The van der Waals surface area contributed by atoms with E-state index < -0.39 is 11.5 Å². The maximum absolute atomic E-state index is 11.3. The normalized spacial score (nSPS) is 17.4. The van der Waals surface area contributed by atoms with Crippen molar-refractivity contribution < 1.29 is 9.53 Å². The lowest BCUT2D eigenvalue weighted by molar-refractivity contribution is -0.114. The number of carbonyl (C=O) groups excluding carboxylic acids is 1. The monoisotopic (exact) mass is 217 g/mol. The molecule has 1 rings (SSSR count). The predicted molar refractivity (Wildman–Crippen MR) is 55.3 cm³/mol. The van der Waals surface area contributed by atoms with E-state index in [1.54, 1.807) is 32.9 Å². The number of ether oxygens (including phenoxy) is 1. The maximum atomic E-state index is 11.3. The van der Waals surface area contributed by atoms with Gasteiger partial charge in [-0.2, -0.15) is 10.5 Å². The van der Waals surface area contributed by atoms with E-state index in [0.717, 1.165) is 0 Å². The standard InChI is InChI=1S/C11H11N3O2/c1-6-8(10(14)15)9(7(4-12)5-13)16-11(6,2)3/h1-3H3,(H2,14,15). The second-order valence-electron chi connectivity index (χ2n) is 3.90. The summed E-state index contributed by atoms with van der Waals surface area (Å²) < 4.78 is 5.44. The minimum Gasteiger partial charge on any atom is -0.480 e. The molecule has 0 saturated carbocycles. The molecule has 0 bridgehead atoms. The first-order chi connectivity index (χ1) is 7.35. The number of nitrogens with zero attached hydrogens (tertiary/aromatic N) is 2. The summed E-state index contributed by atoms with van der Waals surface area (Å²) in [5.41, 5.74) is 5.01. The van der Waals surface area contributed by atoms with Crippen molar-refractivity contribution in [2.45, 2.75) is 26.4 Å². The molecule has 0 saturated heterocycles. The van der Waals surface area contributed by atoms with E-state index >= 15 is 0 Å². The van der Waals surface area contributed by atoms with Gasteiger partial charge in [0.15, 0.2) is 11.3 Å². The molecule has 1 aliphatic heterocycles. The number of carbonyl (C=O) groups is 1. The molecule has 0 atom stereocenters. The van der Waals surface area contributed by atoms with E-state index in [1.807, 2.05) is 0 Å². The van der Waals surface area contributed by atoms with Gasteiger partial charge in [0.05, 0.1) is 5.57 Å². The first-order valence-electron chi connectivity index (χ1n) is 4.60. The van der Waals surface area contributed by atoms with Crippen LogP contribution >= 0.6 is 0 Å². The smallest absolute Gasteiger partial charge is 0.252 e. The van der Waals surface area contributed by atoms with E-state index in [9.17, 15) is 4.79 Å². The second-order valence-corrected chi connectivity index (χ2v) is 3.90. The van der Waals surface area contributed by atoms with E-state index in [-0.39, 0.29) is 16.9 Å². The quantitative estimate of drug-likeness (QED) is 0.659. The molecule has 1 amide bonds. The number of hydrogen-bond donors (Lipinski definition) is 1. The van der Waals surface area contributed by atoms with E-state index in [1.165, 1.54) is 0 Å². The third-order valence-corrected chi connectivity index (χ3v) is 2.56. The Balaban J connectivity index is 3.53. The highest BCUT2D eigenvalue weighted by Crippen LogP contribution is 2.38. The molecule has 0 spiro atoms. The summed E-state index contributed by atoms with van der Waals surface area (Å²) in [6, 6.07) is 3.38. The fourth-order valence-electron chi connectivity index (χ4n) is 1.45. The van der Waals surface area contributed by atoms with Gasteiger partial charge in [-0.3, -0.25) is 4.79 Å². The second kappa shape index (κ2) is 3.71. The van der Waals surface area contributed by atoms with Gasteiger partial charge >= 0.3 is 0 Å². The van der Waals surface area contributed by atoms with E-state index in [0.29, 0.717) is 5.57 Å². The molecule has 1 heterocycles.